The number of halogens is 2. The summed E-state index contributed by atoms with van der Waals surface area (Å²) in [6, 6.07) is 10.7. The van der Waals surface area contributed by atoms with Gasteiger partial charge in [-0.15, -0.1) is 0 Å². The second-order valence-corrected chi connectivity index (χ2v) is 5.53. The molecule has 3 aromatic rings. The summed E-state index contributed by atoms with van der Waals surface area (Å²) >= 11 is 0. The van der Waals surface area contributed by atoms with Gasteiger partial charge in [0.15, 0.2) is 11.5 Å². The lowest BCUT2D eigenvalue weighted by Gasteiger charge is -2.11. The topological polar surface area (TPSA) is 68.3 Å². The van der Waals surface area contributed by atoms with Gasteiger partial charge in [-0.1, -0.05) is 12.1 Å². The number of hydrogen-bond donors (Lipinski definition) is 2. The molecular weight excluding hydrogens is 354 g/mol. The molecule has 0 fully saturated rings. The summed E-state index contributed by atoms with van der Waals surface area (Å²) in [6.07, 6.45) is 1.49. The van der Waals surface area contributed by atoms with Crippen molar-refractivity contribution in [3.63, 3.8) is 0 Å². The standard InChI is InChI=1S/C19H18F2N4O2/c1-26-15-7-6-12(10-16(15)27-2)11-23-19-22-9-8-17(25-19)24-18-13(20)4-3-5-14(18)21/h3-10H,11H2,1-2H3,(H2,22,23,24,25). The fourth-order valence-electron chi connectivity index (χ4n) is 2.43. The summed E-state index contributed by atoms with van der Waals surface area (Å²) in [7, 11) is 3.13. The molecule has 0 radical (unpaired) electrons. The molecule has 1 aromatic heterocycles. The Kier molecular flexibility index (Phi) is 5.65. The maximum Gasteiger partial charge on any atom is 0.224 e. The van der Waals surface area contributed by atoms with E-state index in [2.05, 4.69) is 20.6 Å². The Bertz CT molecular complexity index is 917. The average molecular weight is 372 g/mol. The molecule has 2 N–H and O–H groups in total. The molecule has 140 valence electrons. The van der Waals surface area contributed by atoms with Crippen molar-refractivity contribution in [1.82, 2.24) is 9.97 Å². The van der Waals surface area contributed by atoms with Gasteiger partial charge in [0.25, 0.3) is 0 Å². The summed E-state index contributed by atoms with van der Waals surface area (Å²) in [5.74, 6) is 0.427. The van der Waals surface area contributed by atoms with E-state index in [-0.39, 0.29) is 11.5 Å². The van der Waals surface area contributed by atoms with Crippen LogP contribution in [0.4, 0.5) is 26.2 Å². The zero-order valence-electron chi connectivity index (χ0n) is 14.8. The average Bonchev–Trinajstić information content (AvgIpc) is 2.69. The number of nitrogens with zero attached hydrogens (tertiary/aromatic N) is 2. The van der Waals surface area contributed by atoms with Gasteiger partial charge in [-0.05, 0) is 35.9 Å². The molecule has 0 saturated carbocycles. The molecule has 0 amide bonds. The van der Waals surface area contributed by atoms with Crippen molar-refractivity contribution in [3.05, 3.63) is 65.9 Å². The zero-order valence-corrected chi connectivity index (χ0v) is 14.8. The van der Waals surface area contributed by atoms with Crippen molar-refractivity contribution in [2.24, 2.45) is 0 Å². The van der Waals surface area contributed by atoms with Crippen LogP contribution in [0.2, 0.25) is 0 Å². The van der Waals surface area contributed by atoms with Gasteiger partial charge in [-0.3, -0.25) is 0 Å². The van der Waals surface area contributed by atoms with Crippen molar-refractivity contribution in [2.45, 2.75) is 6.54 Å². The van der Waals surface area contributed by atoms with Gasteiger partial charge >= 0.3 is 0 Å². The lowest BCUT2D eigenvalue weighted by atomic mass is 10.2. The van der Waals surface area contributed by atoms with Crippen LogP contribution in [0.25, 0.3) is 0 Å². The zero-order chi connectivity index (χ0) is 19.2. The van der Waals surface area contributed by atoms with Crippen LogP contribution in [-0.4, -0.2) is 24.2 Å². The fraction of sp³-hybridized carbons (Fsp3) is 0.158. The molecule has 0 unspecified atom stereocenters. The first-order valence-corrected chi connectivity index (χ1v) is 8.09. The van der Waals surface area contributed by atoms with Gasteiger partial charge in [-0.2, -0.15) is 4.98 Å². The molecule has 0 saturated heterocycles. The van der Waals surface area contributed by atoms with Gasteiger partial charge in [-0.25, -0.2) is 13.8 Å². The monoisotopic (exact) mass is 372 g/mol. The molecule has 0 aliphatic rings. The molecule has 0 aliphatic heterocycles. The van der Waals surface area contributed by atoms with E-state index in [1.807, 2.05) is 12.1 Å². The van der Waals surface area contributed by atoms with Crippen molar-refractivity contribution in [1.29, 1.82) is 0 Å². The van der Waals surface area contributed by atoms with Crippen LogP contribution >= 0.6 is 0 Å². The van der Waals surface area contributed by atoms with E-state index in [0.717, 1.165) is 5.56 Å². The molecule has 0 atom stereocenters. The molecule has 0 spiro atoms. The summed E-state index contributed by atoms with van der Waals surface area (Å²) in [5.41, 5.74) is 0.664. The number of anilines is 3. The van der Waals surface area contributed by atoms with E-state index in [9.17, 15) is 8.78 Å². The first kappa shape index (κ1) is 18.4. The Morgan fingerprint density at radius 3 is 2.41 bits per heavy atom. The highest BCUT2D eigenvalue weighted by molar-refractivity contribution is 5.58. The molecule has 6 nitrogen and oxygen atoms in total. The lowest BCUT2D eigenvalue weighted by Crippen LogP contribution is -2.06. The van der Waals surface area contributed by atoms with E-state index >= 15 is 0 Å². The Balaban J connectivity index is 1.71. The first-order valence-electron chi connectivity index (χ1n) is 8.09. The van der Waals surface area contributed by atoms with E-state index in [4.69, 9.17) is 9.47 Å². The van der Waals surface area contributed by atoms with Crippen molar-refractivity contribution < 1.29 is 18.3 Å². The fourth-order valence-corrected chi connectivity index (χ4v) is 2.43. The van der Waals surface area contributed by atoms with Crippen LogP contribution in [0, 0.1) is 11.6 Å². The van der Waals surface area contributed by atoms with Gasteiger partial charge in [0.05, 0.1) is 14.2 Å². The third-order valence-electron chi connectivity index (χ3n) is 3.77. The summed E-state index contributed by atoms with van der Waals surface area (Å²) < 4.78 is 38.0. The van der Waals surface area contributed by atoms with Gasteiger partial charge in [0, 0.05) is 12.7 Å². The van der Waals surface area contributed by atoms with Crippen molar-refractivity contribution in [2.75, 3.05) is 24.9 Å². The van der Waals surface area contributed by atoms with Crippen LogP contribution in [0.3, 0.4) is 0 Å². The Labute approximate surface area is 155 Å². The van der Waals surface area contributed by atoms with Crippen molar-refractivity contribution >= 4 is 17.5 Å². The molecule has 0 aliphatic carbocycles. The molecule has 0 bridgehead atoms. The van der Waals surface area contributed by atoms with Gasteiger partial charge in [0.2, 0.25) is 5.95 Å². The smallest absolute Gasteiger partial charge is 0.224 e. The third-order valence-corrected chi connectivity index (χ3v) is 3.77. The SMILES string of the molecule is COc1ccc(CNc2nccc(Nc3c(F)cccc3F)n2)cc1OC. The summed E-state index contributed by atoms with van der Waals surface area (Å²) in [4.78, 5) is 8.33. The minimum Gasteiger partial charge on any atom is -0.493 e. The number of nitrogens with one attached hydrogen (secondary N) is 2. The lowest BCUT2D eigenvalue weighted by molar-refractivity contribution is 0.354. The number of rotatable bonds is 7. The number of methoxy groups -OCH3 is 2. The van der Waals surface area contributed by atoms with E-state index < -0.39 is 11.6 Å². The number of aromatic nitrogens is 2. The van der Waals surface area contributed by atoms with E-state index in [1.54, 1.807) is 20.3 Å². The highest BCUT2D eigenvalue weighted by Gasteiger charge is 2.10. The van der Waals surface area contributed by atoms with Gasteiger partial charge < -0.3 is 20.1 Å². The summed E-state index contributed by atoms with van der Waals surface area (Å²) in [5, 5.41) is 5.69. The van der Waals surface area contributed by atoms with Crippen LogP contribution in [0.15, 0.2) is 48.7 Å². The van der Waals surface area contributed by atoms with E-state index in [0.29, 0.717) is 24.0 Å². The molecule has 27 heavy (non-hydrogen) atoms. The van der Waals surface area contributed by atoms with Crippen LogP contribution < -0.4 is 20.1 Å². The minimum atomic E-state index is -0.701. The van der Waals surface area contributed by atoms with Crippen LogP contribution in [-0.2, 0) is 6.54 Å². The number of para-hydroxylation sites is 1. The third kappa shape index (κ3) is 4.41. The predicted octanol–water partition coefficient (Wildman–Crippen LogP) is 4.13. The maximum atomic E-state index is 13.8. The molecular formula is C19H18F2N4O2. The molecule has 8 heteroatoms. The Morgan fingerprint density at radius 2 is 1.70 bits per heavy atom. The maximum absolute atomic E-state index is 13.8. The quantitative estimate of drug-likeness (QED) is 0.650. The van der Waals surface area contributed by atoms with Gasteiger partial charge in [0.1, 0.15) is 23.1 Å². The van der Waals surface area contributed by atoms with Crippen LogP contribution in [0.5, 0.6) is 11.5 Å². The Hall–Kier alpha value is -3.42. The van der Waals surface area contributed by atoms with Crippen LogP contribution in [0.1, 0.15) is 5.56 Å². The van der Waals surface area contributed by atoms with E-state index in [1.165, 1.54) is 30.5 Å². The van der Waals surface area contributed by atoms with Crippen molar-refractivity contribution in [3.8, 4) is 11.5 Å². The largest absolute Gasteiger partial charge is 0.493 e. The predicted molar refractivity (Wildman–Crippen MR) is 98.5 cm³/mol. The highest BCUT2D eigenvalue weighted by atomic mass is 19.1. The molecule has 2 aromatic carbocycles. The number of ether oxygens (including phenoxy) is 2. The second-order valence-electron chi connectivity index (χ2n) is 5.53. The first-order chi connectivity index (χ1) is 13.1. The number of hydrogen-bond acceptors (Lipinski definition) is 6. The summed E-state index contributed by atoms with van der Waals surface area (Å²) in [6.45, 7) is 0.428. The Morgan fingerprint density at radius 1 is 0.963 bits per heavy atom. The molecule has 1 heterocycles. The number of benzene rings is 2. The minimum absolute atomic E-state index is 0.262. The normalized spacial score (nSPS) is 10.4. The second kappa shape index (κ2) is 8.31. The molecule has 3 rings (SSSR count). The highest BCUT2D eigenvalue weighted by Crippen LogP contribution is 2.28.